The summed E-state index contributed by atoms with van der Waals surface area (Å²) in [5.41, 5.74) is 0.436. The zero-order valence-corrected chi connectivity index (χ0v) is 10.1. The van der Waals surface area contributed by atoms with Crippen LogP contribution in [-0.4, -0.2) is 17.8 Å². The minimum atomic E-state index is -0.997. The average molecular weight is 227 g/mol. The van der Waals surface area contributed by atoms with Gasteiger partial charge in [-0.05, 0) is 13.3 Å². The Labute approximate surface area is 95.6 Å². The lowest BCUT2D eigenvalue weighted by Crippen LogP contribution is -2.44. The first kappa shape index (κ1) is 12.1. The topological polar surface area (TPSA) is 26.3 Å². The van der Waals surface area contributed by atoms with Gasteiger partial charge in [0.05, 0.1) is 7.11 Å². The van der Waals surface area contributed by atoms with Crippen molar-refractivity contribution in [3.8, 4) is 11.8 Å². The zero-order chi connectivity index (χ0) is 11.5. The largest absolute Gasteiger partial charge is 0.497 e. The van der Waals surface area contributed by atoms with Gasteiger partial charge in [-0.15, -0.1) is 11.6 Å². The van der Waals surface area contributed by atoms with E-state index < -0.39 is 4.87 Å². The monoisotopic (exact) mass is 226 g/mol. The molecule has 82 valence electrons. The highest BCUT2D eigenvalue weighted by Crippen LogP contribution is 2.40. The molecule has 0 aromatic rings. The minimum absolute atomic E-state index is 0.134. The van der Waals surface area contributed by atoms with Gasteiger partial charge < -0.3 is 4.74 Å². The number of ether oxygens (including phenoxy) is 1. The summed E-state index contributed by atoms with van der Waals surface area (Å²) in [5.74, 6) is 6.15. The SMILES string of the molecule is CCCCC#CC1=C(OC)C(C)(Cl)C1=O. The maximum absolute atomic E-state index is 11.5. The third-order valence-electron chi connectivity index (χ3n) is 2.38. The van der Waals surface area contributed by atoms with Crippen molar-refractivity contribution >= 4 is 17.4 Å². The second-order valence-electron chi connectivity index (χ2n) is 3.65. The van der Waals surface area contributed by atoms with E-state index in [-0.39, 0.29) is 5.78 Å². The lowest BCUT2D eigenvalue weighted by molar-refractivity contribution is -0.120. The molecule has 1 atom stereocenters. The van der Waals surface area contributed by atoms with Crippen molar-refractivity contribution in [2.24, 2.45) is 0 Å². The number of carbonyl (C=O) groups excluding carboxylic acids is 1. The highest BCUT2D eigenvalue weighted by atomic mass is 35.5. The molecule has 0 heterocycles. The number of unbranched alkanes of at least 4 members (excludes halogenated alkanes) is 2. The van der Waals surface area contributed by atoms with Crippen LogP contribution in [0.2, 0.25) is 0 Å². The van der Waals surface area contributed by atoms with Crippen LogP contribution >= 0.6 is 11.6 Å². The summed E-state index contributed by atoms with van der Waals surface area (Å²) in [7, 11) is 1.51. The quantitative estimate of drug-likeness (QED) is 0.420. The first-order valence-corrected chi connectivity index (χ1v) is 5.44. The number of allylic oxidation sites excluding steroid dienone is 2. The van der Waals surface area contributed by atoms with Crippen LogP contribution in [0.15, 0.2) is 11.3 Å². The van der Waals surface area contributed by atoms with E-state index in [2.05, 4.69) is 18.8 Å². The van der Waals surface area contributed by atoms with Crippen LogP contribution in [-0.2, 0) is 9.53 Å². The first-order valence-electron chi connectivity index (χ1n) is 5.07. The molecule has 0 N–H and O–H groups in total. The van der Waals surface area contributed by atoms with Crippen molar-refractivity contribution < 1.29 is 9.53 Å². The summed E-state index contributed by atoms with van der Waals surface area (Å²) < 4.78 is 5.07. The zero-order valence-electron chi connectivity index (χ0n) is 9.32. The summed E-state index contributed by atoms with van der Waals surface area (Å²) in [4.78, 5) is 10.5. The van der Waals surface area contributed by atoms with Crippen LogP contribution in [0.4, 0.5) is 0 Å². The van der Waals surface area contributed by atoms with E-state index in [0.29, 0.717) is 11.3 Å². The number of rotatable bonds is 3. The van der Waals surface area contributed by atoms with Gasteiger partial charge in [0.2, 0.25) is 5.78 Å². The third kappa shape index (κ3) is 2.18. The van der Waals surface area contributed by atoms with Crippen molar-refractivity contribution in [3.05, 3.63) is 11.3 Å². The van der Waals surface area contributed by atoms with E-state index in [1.165, 1.54) is 7.11 Å². The van der Waals surface area contributed by atoms with E-state index in [1.807, 2.05) is 0 Å². The second-order valence-corrected chi connectivity index (χ2v) is 4.40. The summed E-state index contributed by atoms with van der Waals surface area (Å²) in [5, 5.41) is 0. The number of hydrogen-bond acceptors (Lipinski definition) is 2. The summed E-state index contributed by atoms with van der Waals surface area (Å²) in [6, 6.07) is 0. The summed E-state index contributed by atoms with van der Waals surface area (Å²) in [6.45, 7) is 3.73. The molecule has 0 amide bonds. The van der Waals surface area contributed by atoms with Crippen molar-refractivity contribution in [1.82, 2.24) is 0 Å². The lowest BCUT2D eigenvalue weighted by Gasteiger charge is -2.32. The molecule has 1 aliphatic rings. The van der Waals surface area contributed by atoms with E-state index in [4.69, 9.17) is 16.3 Å². The molecule has 0 aromatic heterocycles. The Morgan fingerprint density at radius 3 is 2.73 bits per heavy atom. The molecule has 1 aliphatic carbocycles. The maximum Gasteiger partial charge on any atom is 0.203 e. The van der Waals surface area contributed by atoms with E-state index in [9.17, 15) is 4.79 Å². The van der Waals surface area contributed by atoms with Gasteiger partial charge in [0.1, 0.15) is 11.3 Å². The molecular formula is C12H15ClO2. The molecular weight excluding hydrogens is 212 g/mol. The van der Waals surface area contributed by atoms with Crippen LogP contribution < -0.4 is 0 Å². The van der Waals surface area contributed by atoms with Gasteiger partial charge in [0.25, 0.3) is 0 Å². The minimum Gasteiger partial charge on any atom is -0.497 e. The Morgan fingerprint density at radius 2 is 2.20 bits per heavy atom. The Kier molecular flexibility index (Phi) is 3.82. The fourth-order valence-electron chi connectivity index (χ4n) is 1.44. The van der Waals surface area contributed by atoms with Gasteiger partial charge in [0, 0.05) is 6.42 Å². The third-order valence-corrected chi connectivity index (χ3v) is 2.72. The van der Waals surface area contributed by atoms with Gasteiger partial charge >= 0.3 is 0 Å². The first-order chi connectivity index (χ1) is 7.05. The number of methoxy groups -OCH3 is 1. The smallest absolute Gasteiger partial charge is 0.203 e. The van der Waals surface area contributed by atoms with Gasteiger partial charge in [-0.1, -0.05) is 25.2 Å². The van der Waals surface area contributed by atoms with Crippen LogP contribution in [0.25, 0.3) is 0 Å². The number of halogens is 1. The number of Topliss-reactive ketones (excluding diaryl/α,β-unsaturated/α-hetero) is 1. The Morgan fingerprint density at radius 1 is 1.53 bits per heavy atom. The molecule has 1 unspecified atom stereocenters. The Hall–Kier alpha value is -0.940. The predicted octanol–water partition coefficient (Wildman–Crippen LogP) is 2.66. The van der Waals surface area contributed by atoms with Crippen molar-refractivity contribution in [2.45, 2.75) is 38.0 Å². The Balaban J connectivity index is 2.77. The fraction of sp³-hybridized carbons (Fsp3) is 0.583. The maximum atomic E-state index is 11.5. The lowest BCUT2D eigenvalue weighted by atomic mass is 9.83. The second kappa shape index (κ2) is 4.72. The molecule has 0 fully saturated rings. The predicted molar refractivity (Wildman–Crippen MR) is 60.6 cm³/mol. The standard InChI is InChI=1S/C12H15ClO2/c1-4-5-6-7-8-9-10(14)12(2,13)11(9)15-3/h4-6H2,1-3H3. The number of ketones is 1. The summed E-state index contributed by atoms with van der Waals surface area (Å²) in [6.07, 6.45) is 2.96. The highest BCUT2D eigenvalue weighted by Gasteiger charge is 2.50. The number of hydrogen-bond donors (Lipinski definition) is 0. The van der Waals surface area contributed by atoms with Crippen LogP contribution in [0, 0.1) is 11.8 Å². The summed E-state index contributed by atoms with van der Waals surface area (Å²) >= 11 is 5.96. The van der Waals surface area contributed by atoms with Gasteiger partial charge in [-0.2, -0.15) is 0 Å². The van der Waals surface area contributed by atoms with Crippen LogP contribution in [0.3, 0.4) is 0 Å². The highest BCUT2D eigenvalue weighted by molar-refractivity contribution is 6.44. The van der Waals surface area contributed by atoms with Gasteiger partial charge in [-0.3, -0.25) is 4.79 Å². The number of carbonyl (C=O) groups is 1. The molecule has 0 saturated heterocycles. The fourth-order valence-corrected chi connectivity index (χ4v) is 1.70. The van der Waals surface area contributed by atoms with E-state index in [0.717, 1.165) is 19.3 Å². The van der Waals surface area contributed by atoms with Crippen LogP contribution in [0.5, 0.6) is 0 Å². The molecule has 0 bridgehead atoms. The molecule has 2 nitrogen and oxygen atoms in total. The Bertz CT molecular complexity index is 356. The number of alkyl halides is 1. The van der Waals surface area contributed by atoms with Crippen molar-refractivity contribution in [1.29, 1.82) is 0 Å². The van der Waals surface area contributed by atoms with Crippen LogP contribution in [0.1, 0.15) is 33.1 Å². The average Bonchev–Trinajstić information content (AvgIpc) is 2.21. The van der Waals surface area contributed by atoms with E-state index >= 15 is 0 Å². The molecule has 0 aromatic carbocycles. The van der Waals surface area contributed by atoms with Crippen molar-refractivity contribution in [2.75, 3.05) is 7.11 Å². The molecule has 3 heteroatoms. The molecule has 0 spiro atoms. The molecule has 0 saturated carbocycles. The molecule has 15 heavy (non-hydrogen) atoms. The van der Waals surface area contributed by atoms with Crippen molar-refractivity contribution in [3.63, 3.8) is 0 Å². The normalized spacial score (nSPS) is 24.4. The molecule has 0 radical (unpaired) electrons. The van der Waals surface area contributed by atoms with Gasteiger partial charge in [0.15, 0.2) is 4.87 Å². The van der Waals surface area contributed by atoms with Gasteiger partial charge in [-0.25, -0.2) is 0 Å². The molecule has 0 aliphatic heterocycles. The van der Waals surface area contributed by atoms with E-state index in [1.54, 1.807) is 6.92 Å². The molecule has 1 rings (SSSR count).